The second-order valence-electron chi connectivity index (χ2n) is 5.37. The Morgan fingerprint density at radius 1 is 1.04 bits per heavy atom. The molecule has 1 aromatic heterocycles. The Hall–Kier alpha value is -3.73. The second kappa shape index (κ2) is 7.03. The van der Waals surface area contributed by atoms with Crippen molar-refractivity contribution in [2.24, 2.45) is 0 Å². The number of benzene rings is 2. The van der Waals surface area contributed by atoms with Gasteiger partial charge in [0.15, 0.2) is 11.6 Å². The number of anilines is 2. The first-order valence-corrected chi connectivity index (χ1v) is 7.48. The Labute approximate surface area is 147 Å². The SMILES string of the molecule is N#Cc1c(N)nc(N)nc1-c1cccc(COc2ccc(F)c(F)c2)c1. The van der Waals surface area contributed by atoms with Gasteiger partial charge in [0.25, 0.3) is 0 Å². The molecule has 0 aliphatic heterocycles. The minimum absolute atomic E-state index is 0.00144. The zero-order chi connectivity index (χ0) is 18.7. The van der Waals surface area contributed by atoms with Crippen LogP contribution in [0, 0.1) is 23.0 Å². The van der Waals surface area contributed by atoms with E-state index >= 15 is 0 Å². The zero-order valence-corrected chi connectivity index (χ0v) is 13.4. The predicted molar refractivity (Wildman–Crippen MR) is 91.7 cm³/mol. The fourth-order valence-electron chi connectivity index (χ4n) is 2.36. The van der Waals surface area contributed by atoms with Crippen molar-refractivity contribution in [1.82, 2.24) is 9.97 Å². The van der Waals surface area contributed by atoms with Crippen molar-refractivity contribution >= 4 is 11.8 Å². The predicted octanol–water partition coefficient (Wildman–Crippen LogP) is 3.04. The van der Waals surface area contributed by atoms with Gasteiger partial charge in [0.2, 0.25) is 5.95 Å². The molecule has 0 aliphatic carbocycles. The summed E-state index contributed by atoms with van der Waals surface area (Å²) in [7, 11) is 0. The standard InChI is InChI=1S/C18H13F2N5O/c19-14-5-4-12(7-15(14)20)26-9-10-2-1-3-11(6-10)16-13(8-21)17(22)25-18(23)24-16/h1-7H,9H2,(H4,22,23,24,25). The number of nitrogens with two attached hydrogens (primary N) is 2. The highest BCUT2D eigenvalue weighted by Gasteiger charge is 2.13. The summed E-state index contributed by atoms with van der Waals surface area (Å²) in [6.07, 6.45) is 0. The topological polar surface area (TPSA) is 111 Å². The van der Waals surface area contributed by atoms with E-state index in [1.807, 2.05) is 6.07 Å². The highest BCUT2D eigenvalue weighted by molar-refractivity contribution is 5.73. The van der Waals surface area contributed by atoms with Gasteiger partial charge in [0.1, 0.15) is 29.8 Å². The lowest BCUT2D eigenvalue weighted by molar-refractivity contribution is 0.303. The molecule has 6 nitrogen and oxygen atoms in total. The minimum atomic E-state index is -0.984. The van der Waals surface area contributed by atoms with Crippen molar-refractivity contribution < 1.29 is 13.5 Å². The molecule has 0 spiro atoms. The maximum atomic E-state index is 13.2. The Morgan fingerprint density at radius 2 is 1.85 bits per heavy atom. The van der Waals surface area contributed by atoms with E-state index in [9.17, 15) is 14.0 Å². The molecule has 26 heavy (non-hydrogen) atoms. The van der Waals surface area contributed by atoms with Crippen molar-refractivity contribution in [1.29, 1.82) is 5.26 Å². The average molecular weight is 353 g/mol. The van der Waals surface area contributed by atoms with Crippen LogP contribution in [-0.4, -0.2) is 9.97 Å². The number of nitriles is 1. The maximum Gasteiger partial charge on any atom is 0.222 e. The summed E-state index contributed by atoms with van der Waals surface area (Å²) >= 11 is 0. The number of hydrogen-bond donors (Lipinski definition) is 2. The molecule has 0 aliphatic rings. The van der Waals surface area contributed by atoms with E-state index in [4.69, 9.17) is 16.2 Å². The number of aromatic nitrogens is 2. The van der Waals surface area contributed by atoms with Gasteiger partial charge >= 0.3 is 0 Å². The van der Waals surface area contributed by atoms with Crippen LogP contribution in [0.3, 0.4) is 0 Å². The number of rotatable bonds is 4. The van der Waals surface area contributed by atoms with Crippen molar-refractivity contribution in [3.63, 3.8) is 0 Å². The highest BCUT2D eigenvalue weighted by Crippen LogP contribution is 2.26. The molecule has 1 heterocycles. The van der Waals surface area contributed by atoms with E-state index in [2.05, 4.69) is 9.97 Å². The van der Waals surface area contributed by atoms with Gasteiger partial charge in [0.05, 0.1) is 5.69 Å². The first-order chi connectivity index (χ1) is 12.5. The van der Waals surface area contributed by atoms with Gasteiger partial charge in [-0.2, -0.15) is 10.2 Å². The molecule has 0 amide bonds. The first-order valence-electron chi connectivity index (χ1n) is 7.48. The third-order valence-corrected chi connectivity index (χ3v) is 3.56. The quantitative estimate of drug-likeness (QED) is 0.746. The van der Waals surface area contributed by atoms with Crippen LogP contribution in [-0.2, 0) is 6.61 Å². The molecule has 3 aromatic rings. The summed E-state index contributed by atoms with van der Waals surface area (Å²) in [5.41, 5.74) is 13.1. The Bertz CT molecular complexity index is 1020. The van der Waals surface area contributed by atoms with Crippen LogP contribution < -0.4 is 16.2 Å². The number of nitrogen functional groups attached to an aromatic ring is 2. The first kappa shape index (κ1) is 17.1. The van der Waals surface area contributed by atoms with E-state index in [0.717, 1.165) is 17.7 Å². The summed E-state index contributed by atoms with van der Waals surface area (Å²) in [5.74, 6) is -1.77. The third-order valence-electron chi connectivity index (χ3n) is 3.56. The third kappa shape index (κ3) is 3.52. The van der Waals surface area contributed by atoms with Crippen LogP contribution >= 0.6 is 0 Å². The van der Waals surface area contributed by atoms with Crippen LogP contribution in [0.4, 0.5) is 20.5 Å². The van der Waals surface area contributed by atoms with Crippen molar-refractivity contribution in [3.8, 4) is 23.1 Å². The smallest absolute Gasteiger partial charge is 0.222 e. The molecule has 0 bridgehead atoms. The van der Waals surface area contributed by atoms with Gasteiger partial charge in [-0.15, -0.1) is 0 Å². The maximum absolute atomic E-state index is 13.2. The van der Waals surface area contributed by atoms with Gasteiger partial charge in [-0.25, -0.2) is 13.8 Å². The van der Waals surface area contributed by atoms with E-state index in [-0.39, 0.29) is 29.7 Å². The molecule has 0 saturated carbocycles. The highest BCUT2D eigenvalue weighted by atomic mass is 19.2. The van der Waals surface area contributed by atoms with Crippen molar-refractivity contribution in [3.05, 3.63) is 65.2 Å². The molecule has 0 radical (unpaired) electrons. The molecule has 0 saturated heterocycles. The molecular weight excluding hydrogens is 340 g/mol. The van der Waals surface area contributed by atoms with E-state index < -0.39 is 11.6 Å². The lowest BCUT2D eigenvalue weighted by Crippen LogP contribution is -2.05. The molecule has 3 rings (SSSR count). The van der Waals surface area contributed by atoms with Crippen LogP contribution in [0.2, 0.25) is 0 Å². The lowest BCUT2D eigenvalue weighted by atomic mass is 10.0. The lowest BCUT2D eigenvalue weighted by Gasteiger charge is -2.10. The molecular formula is C18H13F2N5O. The fraction of sp³-hybridized carbons (Fsp3) is 0.0556. The summed E-state index contributed by atoms with van der Waals surface area (Å²) in [6.45, 7) is 0.108. The summed E-state index contributed by atoms with van der Waals surface area (Å²) < 4.78 is 31.6. The number of hydrogen-bond acceptors (Lipinski definition) is 6. The zero-order valence-electron chi connectivity index (χ0n) is 13.4. The van der Waals surface area contributed by atoms with Crippen molar-refractivity contribution in [2.45, 2.75) is 6.61 Å². The molecule has 8 heteroatoms. The number of ether oxygens (including phenoxy) is 1. The fourth-order valence-corrected chi connectivity index (χ4v) is 2.36. The van der Waals surface area contributed by atoms with Crippen LogP contribution in [0.5, 0.6) is 5.75 Å². The molecule has 130 valence electrons. The van der Waals surface area contributed by atoms with Crippen LogP contribution in [0.15, 0.2) is 42.5 Å². The molecule has 2 aromatic carbocycles. The van der Waals surface area contributed by atoms with Gasteiger partial charge in [-0.3, -0.25) is 0 Å². The van der Waals surface area contributed by atoms with Gasteiger partial charge < -0.3 is 16.2 Å². The Morgan fingerprint density at radius 3 is 2.58 bits per heavy atom. The van der Waals surface area contributed by atoms with Gasteiger partial charge in [-0.05, 0) is 23.8 Å². The minimum Gasteiger partial charge on any atom is -0.489 e. The molecule has 0 unspecified atom stereocenters. The van der Waals surface area contributed by atoms with Crippen LogP contribution in [0.25, 0.3) is 11.3 Å². The summed E-state index contributed by atoms with van der Waals surface area (Å²) in [4.78, 5) is 7.86. The van der Waals surface area contributed by atoms with Crippen LogP contribution in [0.1, 0.15) is 11.1 Å². The van der Waals surface area contributed by atoms with E-state index in [1.165, 1.54) is 6.07 Å². The average Bonchev–Trinajstić information content (AvgIpc) is 2.62. The molecule has 0 atom stereocenters. The number of halogens is 2. The van der Waals surface area contributed by atoms with E-state index in [1.54, 1.807) is 24.3 Å². The van der Waals surface area contributed by atoms with Crippen molar-refractivity contribution in [2.75, 3.05) is 11.5 Å². The molecule has 0 fully saturated rings. The molecule has 4 N–H and O–H groups in total. The normalized spacial score (nSPS) is 10.3. The summed E-state index contributed by atoms with van der Waals surface area (Å²) in [6, 6.07) is 12.3. The van der Waals surface area contributed by atoms with E-state index in [0.29, 0.717) is 11.3 Å². The monoisotopic (exact) mass is 353 g/mol. The van der Waals surface area contributed by atoms with Gasteiger partial charge in [0, 0.05) is 11.6 Å². The number of nitrogens with zero attached hydrogens (tertiary/aromatic N) is 3. The largest absolute Gasteiger partial charge is 0.489 e. The van der Waals surface area contributed by atoms with Gasteiger partial charge in [-0.1, -0.05) is 18.2 Å². The Kier molecular flexibility index (Phi) is 4.62. The Balaban J connectivity index is 1.87. The second-order valence-corrected chi connectivity index (χ2v) is 5.37. The summed E-state index contributed by atoms with van der Waals surface area (Å²) in [5, 5.41) is 9.28.